The topological polar surface area (TPSA) is 79.4 Å². The minimum absolute atomic E-state index is 0.147. The van der Waals surface area contributed by atoms with Crippen LogP contribution >= 0.6 is 0 Å². The Hall–Kier alpha value is -2.50. The average molecular weight is 275 g/mol. The van der Waals surface area contributed by atoms with Crippen molar-refractivity contribution < 1.29 is 14.3 Å². The van der Waals surface area contributed by atoms with Crippen molar-refractivity contribution in [3.8, 4) is 5.75 Å². The molecule has 0 saturated heterocycles. The van der Waals surface area contributed by atoms with Gasteiger partial charge in [0.05, 0.1) is 24.2 Å². The van der Waals surface area contributed by atoms with E-state index in [0.29, 0.717) is 17.0 Å². The van der Waals surface area contributed by atoms with Crippen LogP contribution in [0.15, 0.2) is 24.3 Å². The van der Waals surface area contributed by atoms with Crippen LogP contribution in [-0.2, 0) is 18.4 Å². The number of nitrogens with zero attached hydrogens (tertiary/aromatic N) is 2. The fraction of sp³-hybridized carbons (Fsp3) is 0.286. The Bertz CT molecular complexity index is 635. The number of anilines is 1. The summed E-state index contributed by atoms with van der Waals surface area (Å²) in [6.45, 7) is 2.03. The lowest BCUT2D eigenvalue weighted by molar-refractivity contribution is 0.0460. The SMILES string of the molecule is COc1c(N)cccc1C(=O)OCc1cc(C)nn1C. The fourth-order valence-corrected chi connectivity index (χ4v) is 1.96. The third-order valence-electron chi connectivity index (χ3n) is 2.92. The van der Waals surface area contributed by atoms with Gasteiger partial charge in [-0.05, 0) is 25.1 Å². The normalized spacial score (nSPS) is 10.3. The molecule has 0 radical (unpaired) electrons. The Morgan fingerprint density at radius 1 is 1.45 bits per heavy atom. The van der Waals surface area contributed by atoms with Gasteiger partial charge in [0.2, 0.25) is 0 Å². The number of aromatic nitrogens is 2. The molecule has 0 aliphatic heterocycles. The Balaban J connectivity index is 2.13. The highest BCUT2D eigenvalue weighted by molar-refractivity contribution is 5.94. The van der Waals surface area contributed by atoms with Crippen LogP contribution in [0.2, 0.25) is 0 Å². The first-order valence-corrected chi connectivity index (χ1v) is 6.12. The molecule has 0 bridgehead atoms. The van der Waals surface area contributed by atoms with Gasteiger partial charge in [-0.1, -0.05) is 6.07 Å². The highest BCUT2D eigenvalue weighted by atomic mass is 16.5. The van der Waals surface area contributed by atoms with Gasteiger partial charge >= 0.3 is 5.97 Å². The predicted molar refractivity (Wildman–Crippen MR) is 74.5 cm³/mol. The second-order valence-electron chi connectivity index (χ2n) is 4.40. The summed E-state index contributed by atoms with van der Waals surface area (Å²) in [5.74, 6) is -0.147. The maximum absolute atomic E-state index is 12.1. The Kier molecular flexibility index (Phi) is 3.93. The van der Waals surface area contributed by atoms with Crippen molar-refractivity contribution in [3.05, 3.63) is 41.2 Å². The summed E-state index contributed by atoms with van der Waals surface area (Å²) in [7, 11) is 3.27. The molecule has 0 fully saturated rings. The second-order valence-corrected chi connectivity index (χ2v) is 4.40. The summed E-state index contributed by atoms with van der Waals surface area (Å²) < 4.78 is 12.1. The van der Waals surface area contributed by atoms with E-state index in [9.17, 15) is 4.79 Å². The maximum Gasteiger partial charge on any atom is 0.342 e. The van der Waals surface area contributed by atoms with Crippen molar-refractivity contribution in [2.75, 3.05) is 12.8 Å². The number of para-hydroxylation sites is 1. The van der Waals surface area contributed by atoms with Gasteiger partial charge in [-0.15, -0.1) is 0 Å². The quantitative estimate of drug-likeness (QED) is 0.678. The molecule has 6 nitrogen and oxygen atoms in total. The highest BCUT2D eigenvalue weighted by Crippen LogP contribution is 2.26. The third-order valence-corrected chi connectivity index (χ3v) is 2.92. The van der Waals surface area contributed by atoms with Crippen molar-refractivity contribution in [1.82, 2.24) is 9.78 Å². The summed E-state index contributed by atoms with van der Waals surface area (Å²) in [5, 5.41) is 4.19. The third kappa shape index (κ3) is 2.74. The van der Waals surface area contributed by atoms with Crippen molar-refractivity contribution in [1.29, 1.82) is 0 Å². The molecule has 2 aromatic rings. The van der Waals surface area contributed by atoms with Crippen LogP contribution in [0.3, 0.4) is 0 Å². The summed E-state index contributed by atoms with van der Waals surface area (Å²) in [4.78, 5) is 12.1. The summed E-state index contributed by atoms with van der Waals surface area (Å²) >= 11 is 0. The van der Waals surface area contributed by atoms with Crippen molar-refractivity contribution >= 4 is 11.7 Å². The average Bonchev–Trinajstić information content (AvgIpc) is 2.74. The van der Waals surface area contributed by atoms with E-state index in [1.54, 1.807) is 29.9 Å². The lowest BCUT2D eigenvalue weighted by atomic mass is 10.2. The van der Waals surface area contributed by atoms with Crippen LogP contribution in [0.5, 0.6) is 5.75 Å². The number of methoxy groups -OCH3 is 1. The number of ether oxygens (including phenoxy) is 2. The van der Waals surface area contributed by atoms with Crippen molar-refractivity contribution in [2.45, 2.75) is 13.5 Å². The van der Waals surface area contributed by atoms with Gasteiger partial charge in [0.1, 0.15) is 12.2 Å². The molecule has 6 heteroatoms. The van der Waals surface area contributed by atoms with E-state index in [1.165, 1.54) is 7.11 Å². The van der Waals surface area contributed by atoms with Gasteiger partial charge in [0.15, 0.2) is 5.75 Å². The van der Waals surface area contributed by atoms with Gasteiger partial charge in [-0.2, -0.15) is 5.10 Å². The van der Waals surface area contributed by atoms with Crippen LogP contribution in [-0.4, -0.2) is 22.9 Å². The first-order chi connectivity index (χ1) is 9.52. The smallest absolute Gasteiger partial charge is 0.342 e. The lowest BCUT2D eigenvalue weighted by Crippen LogP contribution is -2.10. The highest BCUT2D eigenvalue weighted by Gasteiger charge is 2.16. The number of carbonyl (C=O) groups is 1. The number of nitrogen functional groups attached to an aromatic ring is 1. The summed E-state index contributed by atoms with van der Waals surface area (Å²) in [6.07, 6.45) is 0. The van der Waals surface area contributed by atoms with E-state index in [0.717, 1.165) is 11.4 Å². The molecule has 20 heavy (non-hydrogen) atoms. The minimum Gasteiger partial charge on any atom is -0.494 e. The number of esters is 1. The Morgan fingerprint density at radius 2 is 2.20 bits per heavy atom. The zero-order valence-corrected chi connectivity index (χ0v) is 11.7. The molecule has 0 aliphatic rings. The summed E-state index contributed by atoms with van der Waals surface area (Å²) in [5.41, 5.74) is 8.16. The zero-order chi connectivity index (χ0) is 14.7. The lowest BCUT2D eigenvalue weighted by Gasteiger charge is -2.10. The first-order valence-electron chi connectivity index (χ1n) is 6.12. The van der Waals surface area contributed by atoms with Crippen molar-refractivity contribution in [2.24, 2.45) is 7.05 Å². The molecule has 0 atom stereocenters. The number of hydrogen-bond acceptors (Lipinski definition) is 5. The molecule has 0 amide bonds. The van der Waals surface area contributed by atoms with E-state index in [2.05, 4.69) is 5.10 Å². The van der Waals surface area contributed by atoms with Crippen LogP contribution in [0.1, 0.15) is 21.7 Å². The number of benzene rings is 1. The Morgan fingerprint density at radius 3 is 2.80 bits per heavy atom. The molecule has 0 spiro atoms. The molecule has 106 valence electrons. The largest absolute Gasteiger partial charge is 0.494 e. The fourth-order valence-electron chi connectivity index (χ4n) is 1.96. The number of nitrogens with two attached hydrogens (primary N) is 1. The van der Waals surface area contributed by atoms with Gasteiger partial charge in [-0.3, -0.25) is 4.68 Å². The molecular formula is C14H17N3O3. The van der Waals surface area contributed by atoms with Crippen LogP contribution in [0.4, 0.5) is 5.69 Å². The predicted octanol–water partition coefficient (Wildman–Crippen LogP) is 1.68. The van der Waals surface area contributed by atoms with E-state index in [1.807, 2.05) is 13.0 Å². The van der Waals surface area contributed by atoms with Crippen LogP contribution in [0, 0.1) is 6.92 Å². The number of carbonyl (C=O) groups excluding carboxylic acids is 1. The standard InChI is InChI=1S/C14H17N3O3/c1-9-7-10(17(2)16-9)8-20-14(18)11-5-4-6-12(15)13(11)19-3/h4-7H,8,15H2,1-3H3. The molecule has 1 heterocycles. The molecule has 2 rings (SSSR count). The number of hydrogen-bond donors (Lipinski definition) is 1. The molecule has 2 N–H and O–H groups in total. The molecule has 0 saturated carbocycles. The van der Waals surface area contributed by atoms with Gasteiger partial charge in [0.25, 0.3) is 0 Å². The molecule has 1 aromatic heterocycles. The molecule has 0 unspecified atom stereocenters. The monoisotopic (exact) mass is 275 g/mol. The van der Waals surface area contributed by atoms with E-state index in [-0.39, 0.29) is 6.61 Å². The first kappa shape index (κ1) is 13.9. The molecular weight excluding hydrogens is 258 g/mol. The zero-order valence-electron chi connectivity index (χ0n) is 11.7. The van der Waals surface area contributed by atoms with E-state index >= 15 is 0 Å². The number of aryl methyl sites for hydroxylation is 2. The van der Waals surface area contributed by atoms with Crippen LogP contribution in [0.25, 0.3) is 0 Å². The van der Waals surface area contributed by atoms with Gasteiger partial charge in [0, 0.05) is 7.05 Å². The maximum atomic E-state index is 12.1. The van der Waals surface area contributed by atoms with Gasteiger partial charge < -0.3 is 15.2 Å². The molecule has 1 aromatic carbocycles. The van der Waals surface area contributed by atoms with E-state index in [4.69, 9.17) is 15.2 Å². The van der Waals surface area contributed by atoms with Crippen LogP contribution < -0.4 is 10.5 Å². The number of rotatable bonds is 4. The van der Waals surface area contributed by atoms with Crippen molar-refractivity contribution in [3.63, 3.8) is 0 Å². The van der Waals surface area contributed by atoms with E-state index < -0.39 is 5.97 Å². The minimum atomic E-state index is -0.479. The Labute approximate surface area is 117 Å². The summed E-state index contributed by atoms with van der Waals surface area (Å²) in [6, 6.07) is 6.83. The molecule has 0 aliphatic carbocycles. The second kappa shape index (κ2) is 5.64. The van der Waals surface area contributed by atoms with Gasteiger partial charge in [-0.25, -0.2) is 4.79 Å².